The van der Waals surface area contributed by atoms with Crippen LogP contribution in [0.15, 0.2) is 54.9 Å². The summed E-state index contributed by atoms with van der Waals surface area (Å²) in [4.78, 5) is 28.4. The van der Waals surface area contributed by atoms with Gasteiger partial charge < -0.3 is 10.6 Å². The molecule has 4 rings (SSSR count). The fourth-order valence-electron chi connectivity index (χ4n) is 2.97. The van der Waals surface area contributed by atoms with Crippen LogP contribution in [0.5, 0.6) is 0 Å². The average Bonchev–Trinajstić information content (AvgIpc) is 3.25. The van der Waals surface area contributed by atoms with E-state index >= 15 is 0 Å². The van der Waals surface area contributed by atoms with Crippen LogP contribution in [0.3, 0.4) is 0 Å². The molecule has 2 aromatic carbocycles. The van der Waals surface area contributed by atoms with E-state index in [9.17, 15) is 9.59 Å². The zero-order chi connectivity index (χ0) is 17.2. The molecule has 2 amide bonds. The van der Waals surface area contributed by atoms with Gasteiger partial charge in [-0.1, -0.05) is 30.3 Å². The summed E-state index contributed by atoms with van der Waals surface area (Å²) in [5.41, 5.74) is 2.98. The Labute approximate surface area is 143 Å². The van der Waals surface area contributed by atoms with Gasteiger partial charge in [-0.3, -0.25) is 14.7 Å². The van der Waals surface area contributed by atoms with Crippen molar-refractivity contribution in [1.29, 1.82) is 0 Å². The van der Waals surface area contributed by atoms with Crippen molar-refractivity contribution < 1.29 is 9.59 Å². The van der Waals surface area contributed by atoms with E-state index in [0.717, 1.165) is 11.1 Å². The van der Waals surface area contributed by atoms with Crippen molar-refractivity contribution in [3.05, 3.63) is 66.0 Å². The number of fused-ring (bicyclic) bond motifs is 1. The molecule has 0 radical (unpaired) electrons. The SMILES string of the molecule is O=C(C[C@H]1NC(=O)c2ccccc21)Nc1cccc(-c2ncn[nH]2)c1. The monoisotopic (exact) mass is 333 g/mol. The molecule has 1 aliphatic rings. The Morgan fingerprint density at radius 3 is 2.88 bits per heavy atom. The number of hydrogen-bond acceptors (Lipinski definition) is 4. The van der Waals surface area contributed by atoms with Gasteiger partial charge in [0.2, 0.25) is 5.91 Å². The minimum Gasteiger partial charge on any atom is -0.345 e. The number of nitrogens with one attached hydrogen (secondary N) is 3. The highest BCUT2D eigenvalue weighted by atomic mass is 16.2. The number of rotatable bonds is 4. The molecular weight excluding hydrogens is 318 g/mol. The first-order chi connectivity index (χ1) is 12.2. The predicted molar refractivity (Wildman–Crippen MR) is 91.7 cm³/mol. The maximum Gasteiger partial charge on any atom is 0.252 e. The Morgan fingerprint density at radius 2 is 2.04 bits per heavy atom. The number of hydrogen-bond donors (Lipinski definition) is 3. The van der Waals surface area contributed by atoms with E-state index in [1.165, 1.54) is 6.33 Å². The minimum absolute atomic E-state index is 0.138. The molecule has 7 nitrogen and oxygen atoms in total. The van der Waals surface area contributed by atoms with Crippen molar-refractivity contribution in [2.45, 2.75) is 12.5 Å². The summed E-state index contributed by atoms with van der Waals surface area (Å²) in [5.74, 6) is 0.325. The molecule has 0 fully saturated rings. The van der Waals surface area contributed by atoms with Crippen molar-refractivity contribution in [3.63, 3.8) is 0 Å². The molecule has 7 heteroatoms. The van der Waals surface area contributed by atoms with Gasteiger partial charge in [-0.2, -0.15) is 5.10 Å². The zero-order valence-electron chi connectivity index (χ0n) is 13.2. The van der Waals surface area contributed by atoms with Crippen molar-refractivity contribution >= 4 is 17.5 Å². The molecule has 3 aromatic rings. The third-order valence-corrected chi connectivity index (χ3v) is 4.11. The van der Waals surface area contributed by atoms with Crippen molar-refractivity contribution in [2.75, 3.05) is 5.32 Å². The van der Waals surface area contributed by atoms with E-state index in [4.69, 9.17) is 0 Å². The van der Waals surface area contributed by atoms with Crippen LogP contribution in [0, 0.1) is 0 Å². The number of aromatic amines is 1. The Bertz CT molecular complexity index is 936. The smallest absolute Gasteiger partial charge is 0.252 e. The molecule has 2 heterocycles. The van der Waals surface area contributed by atoms with Crippen molar-refractivity contribution in [2.24, 2.45) is 0 Å². The first-order valence-corrected chi connectivity index (χ1v) is 7.86. The molecular formula is C18H15N5O2. The Kier molecular flexibility index (Phi) is 3.74. The first kappa shape index (κ1) is 15.1. The number of aromatic nitrogens is 3. The van der Waals surface area contributed by atoms with Crippen LogP contribution in [0.2, 0.25) is 0 Å². The number of nitrogens with zero attached hydrogens (tertiary/aromatic N) is 2. The molecule has 0 saturated carbocycles. The van der Waals surface area contributed by atoms with Crippen LogP contribution in [0.4, 0.5) is 5.69 Å². The molecule has 1 aromatic heterocycles. The molecule has 1 atom stereocenters. The van der Waals surface area contributed by atoms with Crippen LogP contribution in [-0.4, -0.2) is 27.0 Å². The lowest BCUT2D eigenvalue weighted by molar-refractivity contribution is -0.116. The molecule has 124 valence electrons. The summed E-state index contributed by atoms with van der Waals surface area (Å²) in [6, 6.07) is 14.4. The topological polar surface area (TPSA) is 99.8 Å². The minimum atomic E-state index is -0.304. The number of carbonyl (C=O) groups is 2. The quantitative estimate of drug-likeness (QED) is 0.682. The number of anilines is 1. The maximum absolute atomic E-state index is 12.4. The Morgan fingerprint density at radius 1 is 1.16 bits per heavy atom. The van der Waals surface area contributed by atoms with Gasteiger partial charge in [0.15, 0.2) is 5.82 Å². The average molecular weight is 333 g/mol. The Balaban J connectivity index is 1.47. The van der Waals surface area contributed by atoms with E-state index in [-0.39, 0.29) is 24.3 Å². The predicted octanol–water partition coefficient (Wildman–Crippen LogP) is 2.29. The number of benzene rings is 2. The molecule has 25 heavy (non-hydrogen) atoms. The summed E-state index contributed by atoms with van der Waals surface area (Å²) in [6.07, 6.45) is 1.61. The van der Waals surface area contributed by atoms with Gasteiger partial charge in [-0.05, 0) is 23.8 Å². The maximum atomic E-state index is 12.4. The third kappa shape index (κ3) is 2.99. The lowest BCUT2D eigenvalue weighted by Crippen LogP contribution is -2.24. The molecule has 0 bridgehead atoms. The largest absolute Gasteiger partial charge is 0.345 e. The molecule has 0 saturated heterocycles. The molecule has 0 spiro atoms. The highest BCUT2D eigenvalue weighted by Gasteiger charge is 2.29. The molecule has 1 aliphatic heterocycles. The third-order valence-electron chi connectivity index (χ3n) is 4.11. The van der Waals surface area contributed by atoms with Gasteiger partial charge in [0.05, 0.1) is 12.5 Å². The van der Waals surface area contributed by atoms with Crippen LogP contribution < -0.4 is 10.6 Å². The van der Waals surface area contributed by atoms with Gasteiger partial charge in [0.25, 0.3) is 5.91 Å². The van der Waals surface area contributed by atoms with Crippen molar-refractivity contribution in [3.8, 4) is 11.4 Å². The summed E-state index contributed by atoms with van der Waals surface area (Å²) in [5, 5.41) is 12.3. The summed E-state index contributed by atoms with van der Waals surface area (Å²) >= 11 is 0. The van der Waals surface area contributed by atoms with Gasteiger partial charge in [0, 0.05) is 16.8 Å². The summed E-state index contributed by atoms with van der Waals surface area (Å²) in [6.45, 7) is 0. The van der Waals surface area contributed by atoms with Crippen LogP contribution >= 0.6 is 0 Å². The normalized spacial score (nSPS) is 15.5. The summed E-state index contributed by atoms with van der Waals surface area (Å²) < 4.78 is 0. The van der Waals surface area contributed by atoms with E-state index in [2.05, 4.69) is 25.8 Å². The number of carbonyl (C=O) groups excluding carboxylic acids is 2. The highest BCUT2D eigenvalue weighted by molar-refractivity contribution is 6.00. The van der Waals surface area contributed by atoms with Crippen LogP contribution in [-0.2, 0) is 4.79 Å². The van der Waals surface area contributed by atoms with E-state index < -0.39 is 0 Å². The van der Waals surface area contributed by atoms with Gasteiger partial charge in [-0.25, -0.2) is 4.98 Å². The first-order valence-electron chi connectivity index (χ1n) is 7.86. The second-order valence-electron chi connectivity index (χ2n) is 5.78. The number of H-pyrrole nitrogens is 1. The highest BCUT2D eigenvalue weighted by Crippen LogP contribution is 2.28. The second-order valence-corrected chi connectivity index (χ2v) is 5.78. The van der Waals surface area contributed by atoms with Gasteiger partial charge >= 0.3 is 0 Å². The lowest BCUT2D eigenvalue weighted by atomic mass is 10.0. The van der Waals surface area contributed by atoms with Gasteiger partial charge in [-0.15, -0.1) is 0 Å². The van der Waals surface area contributed by atoms with Crippen molar-refractivity contribution in [1.82, 2.24) is 20.5 Å². The van der Waals surface area contributed by atoms with Gasteiger partial charge in [0.1, 0.15) is 6.33 Å². The molecule has 3 N–H and O–H groups in total. The fourth-order valence-corrected chi connectivity index (χ4v) is 2.97. The molecule has 0 unspecified atom stereocenters. The fraction of sp³-hybridized carbons (Fsp3) is 0.111. The van der Waals surface area contributed by atoms with E-state index in [0.29, 0.717) is 17.1 Å². The summed E-state index contributed by atoms with van der Waals surface area (Å²) in [7, 11) is 0. The molecule has 0 aliphatic carbocycles. The zero-order valence-corrected chi connectivity index (χ0v) is 13.2. The number of amides is 2. The second kappa shape index (κ2) is 6.20. The standard InChI is InChI=1S/C18H15N5O2/c24-16(9-15-13-6-1-2-7-14(13)18(25)22-15)21-12-5-3-4-11(8-12)17-19-10-20-23-17/h1-8,10,15H,9H2,(H,21,24)(H,22,25)(H,19,20,23)/t15-/m1/s1. The van der Waals surface area contributed by atoms with Crippen LogP contribution in [0.1, 0.15) is 28.4 Å². The Hall–Kier alpha value is -3.48. The van der Waals surface area contributed by atoms with Crippen LogP contribution in [0.25, 0.3) is 11.4 Å². The lowest BCUT2D eigenvalue weighted by Gasteiger charge is -2.12. The van der Waals surface area contributed by atoms with E-state index in [1.807, 2.05) is 36.4 Å². The van der Waals surface area contributed by atoms with E-state index in [1.54, 1.807) is 12.1 Å².